The molecule has 0 radical (unpaired) electrons. The highest BCUT2D eigenvalue weighted by molar-refractivity contribution is 5.83. The third-order valence-electron chi connectivity index (χ3n) is 2.70. The van der Waals surface area contributed by atoms with Crippen LogP contribution in [0, 0.1) is 0 Å². The summed E-state index contributed by atoms with van der Waals surface area (Å²) in [6, 6.07) is 8.29. The normalized spacial score (nSPS) is 11.9. The van der Waals surface area contributed by atoms with Crippen molar-refractivity contribution in [3.05, 3.63) is 36.0 Å². The Labute approximate surface area is 101 Å². The van der Waals surface area contributed by atoms with Gasteiger partial charge in [0, 0.05) is 30.2 Å². The zero-order chi connectivity index (χ0) is 12.1. The first-order valence-corrected chi connectivity index (χ1v) is 5.90. The van der Waals surface area contributed by atoms with Gasteiger partial charge in [-0.15, -0.1) is 0 Å². The van der Waals surface area contributed by atoms with E-state index in [9.17, 15) is 0 Å². The molecule has 2 aromatic rings. The minimum atomic E-state index is 0.521. The van der Waals surface area contributed by atoms with Crippen molar-refractivity contribution in [3.63, 3.8) is 0 Å². The maximum Gasteiger partial charge on any atom is 0.188 e. The fourth-order valence-electron chi connectivity index (χ4n) is 1.87. The Balaban J connectivity index is 2.02. The standard InChI is InChI=1S/C13H18N4/c1-2-15-13(14)16-8-7-10-9-17-12-6-4-3-5-11(10)12/h3-6,9,17H,2,7-8H2,1H3,(H3,14,15,16). The van der Waals surface area contributed by atoms with Crippen LogP contribution in [0.5, 0.6) is 0 Å². The van der Waals surface area contributed by atoms with Crippen LogP contribution in [0.2, 0.25) is 0 Å². The van der Waals surface area contributed by atoms with Crippen molar-refractivity contribution in [2.75, 3.05) is 13.1 Å². The van der Waals surface area contributed by atoms with Crippen LogP contribution < -0.4 is 11.1 Å². The molecule has 0 fully saturated rings. The second-order valence-corrected chi connectivity index (χ2v) is 3.91. The molecule has 17 heavy (non-hydrogen) atoms. The van der Waals surface area contributed by atoms with Crippen LogP contribution >= 0.6 is 0 Å². The molecule has 4 N–H and O–H groups in total. The maximum absolute atomic E-state index is 5.67. The molecule has 0 aliphatic carbocycles. The Hall–Kier alpha value is -1.97. The lowest BCUT2D eigenvalue weighted by Gasteiger charge is -2.01. The Kier molecular flexibility index (Phi) is 3.65. The van der Waals surface area contributed by atoms with E-state index in [2.05, 4.69) is 33.5 Å². The number of para-hydroxylation sites is 1. The van der Waals surface area contributed by atoms with Crippen LogP contribution in [-0.2, 0) is 6.42 Å². The molecule has 0 aliphatic rings. The average Bonchev–Trinajstić information content (AvgIpc) is 2.73. The predicted octanol–water partition coefficient (Wildman–Crippen LogP) is 1.63. The number of aromatic nitrogens is 1. The number of hydrogen-bond acceptors (Lipinski definition) is 1. The molecule has 2 rings (SSSR count). The monoisotopic (exact) mass is 230 g/mol. The van der Waals surface area contributed by atoms with Gasteiger partial charge in [0.2, 0.25) is 0 Å². The van der Waals surface area contributed by atoms with E-state index >= 15 is 0 Å². The number of nitrogens with zero attached hydrogens (tertiary/aromatic N) is 1. The van der Waals surface area contributed by atoms with Gasteiger partial charge in [0.15, 0.2) is 5.96 Å². The van der Waals surface area contributed by atoms with Gasteiger partial charge in [0.05, 0.1) is 0 Å². The maximum atomic E-state index is 5.67. The summed E-state index contributed by atoms with van der Waals surface area (Å²) < 4.78 is 0. The summed E-state index contributed by atoms with van der Waals surface area (Å²) in [7, 11) is 0. The lowest BCUT2D eigenvalue weighted by atomic mass is 10.1. The first-order valence-electron chi connectivity index (χ1n) is 5.90. The van der Waals surface area contributed by atoms with Crippen molar-refractivity contribution >= 4 is 16.9 Å². The van der Waals surface area contributed by atoms with Crippen LogP contribution in [-0.4, -0.2) is 24.0 Å². The SMILES string of the molecule is CCNC(N)=NCCc1c[nH]c2ccccc12. The summed E-state index contributed by atoms with van der Waals surface area (Å²) in [5, 5.41) is 4.25. The number of guanidine groups is 1. The highest BCUT2D eigenvalue weighted by atomic mass is 15.1. The summed E-state index contributed by atoms with van der Waals surface area (Å²) in [5.74, 6) is 0.521. The molecule has 0 amide bonds. The van der Waals surface area contributed by atoms with Gasteiger partial charge in [0.25, 0.3) is 0 Å². The van der Waals surface area contributed by atoms with Crippen LogP contribution in [0.4, 0.5) is 0 Å². The summed E-state index contributed by atoms with van der Waals surface area (Å²) in [4.78, 5) is 7.52. The summed E-state index contributed by atoms with van der Waals surface area (Å²) in [6.07, 6.45) is 2.94. The average molecular weight is 230 g/mol. The van der Waals surface area contributed by atoms with Crippen LogP contribution in [0.25, 0.3) is 10.9 Å². The zero-order valence-corrected chi connectivity index (χ0v) is 10.0. The molecular formula is C13H18N4. The smallest absolute Gasteiger partial charge is 0.188 e. The lowest BCUT2D eigenvalue weighted by Crippen LogP contribution is -2.31. The third-order valence-corrected chi connectivity index (χ3v) is 2.70. The van der Waals surface area contributed by atoms with Gasteiger partial charge in [-0.05, 0) is 25.0 Å². The quantitative estimate of drug-likeness (QED) is 0.552. The van der Waals surface area contributed by atoms with Gasteiger partial charge >= 0.3 is 0 Å². The lowest BCUT2D eigenvalue weighted by molar-refractivity contribution is 0.908. The molecule has 4 nitrogen and oxygen atoms in total. The number of nitrogens with two attached hydrogens (primary N) is 1. The molecule has 0 bridgehead atoms. The summed E-state index contributed by atoms with van der Waals surface area (Å²) in [6.45, 7) is 3.52. The summed E-state index contributed by atoms with van der Waals surface area (Å²) >= 11 is 0. The highest BCUT2D eigenvalue weighted by Crippen LogP contribution is 2.17. The second kappa shape index (κ2) is 5.39. The van der Waals surface area contributed by atoms with Crippen molar-refractivity contribution in [2.24, 2.45) is 10.7 Å². The fourth-order valence-corrected chi connectivity index (χ4v) is 1.87. The molecular weight excluding hydrogens is 212 g/mol. The molecule has 0 saturated carbocycles. The van der Waals surface area contributed by atoms with E-state index in [0.29, 0.717) is 12.5 Å². The van der Waals surface area contributed by atoms with Gasteiger partial charge < -0.3 is 16.0 Å². The minimum absolute atomic E-state index is 0.521. The highest BCUT2D eigenvalue weighted by Gasteiger charge is 2.01. The van der Waals surface area contributed by atoms with E-state index < -0.39 is 0 Å². The van der Waals surface area contributed by atoms with Gasteiger partial charge in [-0.1, -0.05) is 18.2 Å². The van der Waals surface area contributed by atoms with E-state index in [1.165, 1.54) is 16.5 Å². The van der Waals surface area contributed by atoms with Crippen molar-refractivity contribution < 1.29 is 0 Å². The molecule has 0 atom stereocenters. The number of rotatable bonds is 4. The number of aromatic amines is 1. The molecule has 4 heteroatoms. The van der Waals surface area contributed by atoms with Crippen molar-refractivity contribution in [1.29, 1.82) is 0 Å². The molecule has 1 aromatic heterocycles. The van der Waals surface area contributed by atoms with Gasteiger partial charge in [-0.2, -0.15) is 0 Å². The number of H-pyrrole nitrogens is 1. The van der Waals surface area contributed by atoms with Crippen molar-refractivity contribution in [2.45, 2.75) is 13.3 Å². The van der Waals surface area contributed by atoms with Crippen LogP contribution in [0.3, 0.4) is 0 Å². The molecule has 0 unspecified atom stereocenters. The Morgan fingerprint density at radius 2 is 2.24 bits per heavy atom. The third kappa shape index (κ3) is 2.78. The fraction of sp³-hybridized carbons (Fsp3) is 0.308. The topological polar surface area (TPSA) is 66.2 Å². The van der Waals surface area contributed by atoms with E-state index in [4.69, 9.17) is 5.73 Å². The predicted molar refractivity (Wildman–Crippen MR) is 72.2 cm³/mol. The van der Waals surface area contributed by atoms with Crippen LogP contribution in [0.1, 0.15) is 12.5 Å². The molecule has 1 aromatic carbocycles. The Morgan fingerprint density at radius 3 is 3.06 bits per heavy atom. The van der Waals surface area contributed by atoms with Crippen LogP contribution in [0.15, 0.2) is 35.5 Å². The number of nitrogens with one attached hydrogen (secondary N) is 2. The Morgan fingerprint density at radius 1 is 1.41 bits per heavy atom. The van der Waals surface area contributed by atoms with Gasteiger partial charge in [-0.3, -0.25) is 4.99 Å². The molecule has 1 heterocycles. The molecule has 0 aliphatic heterocycles. The van der Waals surface area contributed by atoms with Gasteiger partial charge in [-0.25, -0.2) is 0 Å². The van der Waals surface area contributed by atoms with E-state index in [1.807, 2.05) is 19.2 Å². The molecule has 90 valence electrons. The second-order valence-electron chi connectivity index (χ2n) is 3.91. The van der Waals surface area contributed by atoms with E-state index in [1.54, 1.807) is 0 Å². The van der Waals surface area contributed by atoms with Crippen molar-refractivity contribution in [1.82, 2.24) is 10.3 Å². The largest absolute Gasteiger partial charge is 0.370 e. The Bertz CT molecular complexity index is 513. The minimum Gasteiger partial charge on any atom is -0.370 e. The first-order chi connectivity index (χ1) is 8.31. The zero-order valence-electron chi connectivity index (χ0n) is 10.0. The van der Waals surface area contributed by atoms with E-state index in [0.717, 1.165) is 13.0 Å². The number of hydrogen-bond donors (Lipinski definition) is 3. The number of aliphatic imine (C=N–C) groups is 1. The van der Waals surface area contributed by atoms with Crippen molar-refractivity contribution in [3.8, 4) is 0 Å². The molecule has 0 saturated heterocycles. The first kappa shape index (κ1) is 11.5. The number of fused-ring (bicyclic) bond motifs is 1. The van der Waals surface area contributed by atoms with E-state index in [-0.39, 0.29) is 0 Å². The van der Waals surface area contributed by atoms with Gasteiger partial charge in [0.1, 0.15) is 0 Å². The molecule has 0 spiro atoms. The number of benzene rings is 1. The summed E-state index contributed by atoms with van der Waals surface area (Å²) in [5.41, 5.74) is 8.13.